The predicted octanol–water partition coefficient (Wildman–Crippen LogP) is 5.95. The van der Waals surface area contributed by atoms with E-state index >= 15 is 0 Å². The third kappa shape index (κ3) is 3.58. The van der Waals surface area contributed by atoms with Crippen molar-refractivity contribution in [1.29, 1.82) is 5.26 Å². The van der Waals surface area contributed by atoms with E-state index in [4.69, 9.17) is 11.6 Å². The van der Waals surface area contributed by atoms with Crippen LogP contribution in [0.3, 0.4) is 0 Å². The first-order valence-electron chi connectivity index (χ1n) is 7.60. The summed E-state index contributed by atoms with van der Waals surface area (Å²) in [4.78, 5) is 4.63. The highest BCUT2D eigenvalue weighted by Crippen LogP contribution is 2.31. The molecule has 0 amide bonds. The number of halogens is 1. The molecule has 0 atom stereocenters. The summed E-state index contributed by atoms with van der Waals surface area (Å²) in [6, 6.07) is 9.96. The van der Waals surface area contributed by atoms with Gasteiger partial charge in [0.2, 0.25) is 0 Å². The first kappa shape index (κ1) is 15.3. The lowest BCUT2D eigenvalue weighted by atomic mass is 9.88. The summed E-state index contributed by atoms with van der Waals surface area (Å²) in [7, 11) is 0. The third-order valence-electron chi connectivity index (χ3n) is 4.05. The van der Waals surface area contributed by atoms with Crippen molar-refractivity contribution in [3.8, 4) is 17.3 Å². The fourth-order valence-electron chi connectivity index (χ4n) is 2.84. The van der Waals surface area contributed by atoms with E-state index < -0.39 is 0 Å². The Balaban J connectivity index is 1.83. The Bertz CT molecular complexity index is 703. The summed E-state index contributed by atoms with van der Waals surface area (Å²) in [6.45, 7) is 0. The van der Waals surface area contributed by atoms with Gasteiger partial charge in [0, 0.05) is 16.0 Å². The number of rotatable bonds is 3. The Morgan fingerprint density at radius 3 is 2.64 bits per heavy atom. The molecule has 2 nitrogen and oxygen atoms in total. The molecule has 22 heavy (non-hydrogen) atoms. The van der Waals surface area contributed by atoms with Crippen LogP contribution < -0.4 is 0 Å². The Hall–Kier alpha value is -1.63. The minimum absolute atomic E-state index is 0.534. The summed E-state index contributed by atoms with van der Waals surface area (Å²) < 4.78 is 0. The van der Waals surface area contributed by atoms with Gasteiger partial charge in [-0.05, 0) is 30.9 Å². The standard InChI is InChI=1S/C18H17ClN2S/c19-16-8-6-14(7-9-16)17-12-22-18(21-17)15(11-20)10-13-4-2-1-3-5-13/h6-10,12-13H,1-5H2/b15-10-. The predicted molar refractivity (Wildman–Crippen MR) is 92.7 cm³/mol. The van der Waals surface area contributed by atoms with Gasteiger partial charge in [0.1, 0.15) is 11.1 Å². The van der Waals surface area contributed by atoms with Gasteiger partial charge in [-0.25, -0.2) is 4.98 Å². The molecule has 1 fully saturated rings. The molecule has 0 spiro atoms. The number of allylic oxidation sites excluding steroid dienone is 2. The van der Waals surface area contributed by atoms with Gasteiger partial charge in [0.15, 0.2) is 0 Å². The minimum atomic E-state index is 0.534. The lowest BCUT2D eigenvalue weighted by molar-refractivity contribution is 0.420. The van der Waals surface area contributed by atoms with E-state index in [1.807, 2.05) is 29.6 Å². The number of nitrogens with zero attached hydrogens (tertiary/aromatic N) is 2. The van der Waals surface area contributed by atoms with E-state index in [9.17, 15) is 5.26 Å². The van der Waals surface area contributed by atoms with Gasteiger partial charge < -0.3 is 0 Å². The number of aromatic nitrogens is 1. The van der Waals surface area contributed by atoms with Crippen LogP contribution in [0.2, 0.25) is 5.02 Å². The summed E-state index contributed by atoms with van der Waals surface area (Å²) >= 11 is 7.45. The molecule has 3 rings (SSSR count). The smallest absolute Gasteiger partial charge is 0.134 e. The molecular formula is C18H17ClN2S. The number of thiazole rings is 1. The largest absolute Gasteiger partial charge is 0.235 e. The normalized spacial score (nSPS) is 16.5. The van der Waals surface area contributed by atoms with E-state index in [0.717, 1.165) is 21.8 Å². The van der Waals surface area contributed by atoms with E-state index in [1.165, 1.54) is 43.4 Å². The van der Waals surface area contributed by atoms with Gasteiger partial charge in [0.05, 0.1) is 11.3 Å². The van der Waals surface area contributed by atoms with Crippen molar-refractivity contribution in [2.24, 2.45) is 5.92 Å². The van der Waals surface area contributed by atoms with E-state index in [-0.39, 0.29) is 0 Å². The van der Waals surface area contributed by atoms with Crippen molar-refractivity contribution < 1.29 is 0 Å². The molecule has 1 aromatic carbocycles. The molecule has 0 bridgehead atoms. The highest BCUT2D eigenvalue weighted by Gasteiger charge is 2.15. The van der Waals surface area contributed by atoms with Gasteiger partial charge in [-0.2, -0.15) is 5.26 Å². The van der Waals surface area contributed by atoms with Gasteiger partial charge in [-0.3, -0.25) is 0 Å². The Kier molecular flexibility index (Phi) is 4.92. The molecule has 1 saturated carbocycles. The fourth-order valence-corrected chi connectivity index (χ4v) is 3.77. The van der Waals surface area contributed by atoms with Crippen LogP contribution in [0.1, 0.15) is 37.1 Å². The van der Waals surface area contributed by atoms with Crippen molar-refractivity contribution in [1.82, 2.24) is 4.98 Å². The molecule has 0 aliphatic heterocycles. The van der Waals surface area contributed by atoms with Crippen molar-refractivity contribution >= 4 is 28.5 Å². The Morgan fingerprint density at radius 1 is 1.23 bits per heavy atom. The maximum atomic E-state index is 9.46. The molecule has 1 aromatic heterocycles. The average Bonchev–Trinajstić information content (AvgIpc) is 3.04. The van der Waals surface area contributed by atoms with Crippen LogP contribution in [0.25, 0.3) is 16.8 Å². The molecule has 1 aliphatic carbocycles. The Labute approximate surface area is 140 Å². The van der Waals surface area contributed by atoms with Gasteiger partial charge >= 0.3 is 0 Å². The zero-order valence-electron chi connectivity index (χ0n) is 12.3. The number of benzene rings is 1. The van der Waals surface area contributed by atoms with Crippen LogP contribution in [0.4, 0.5) is 0 Å². The van der Waals surface area contributed by atoms with Crippen molar-refractivity contribution in [3.63, 3.8) is 0 Å². The fraction of sp³-hybridized carbons (Fsp3) is 0.333. The average molecular weight is 329 g/mol. The SMILES string of the molecule is N#C/C(=C/C1CCCCC1)c1nc(-c2ccc(Cl)cc2)cs1. The lowest BCUT2D eigenvalue weighted by Gasteiger charge is -2.18. The van der Waals surface area contributed by atoms with Crippen molar-refractivity contribution in [3.05, 3.63) is 45.8 Å². The van der Waals surface area contributed by atoms with Crippen LogP contribution in [-0.4, -0.2) is 4.98 Å². The van der Waals surface area contributed by atoms with Crippen LogP contribution in [0.15, 0.2) is 35.7 Å². The monoisotopic (exact) mass is 328 g/mol. The third-order valence-corrected chi connectivity index (χ3v) is 5.17. The molecule has 0 N–H and O–H groups in total. The molecular weight excluding hydrogens is 312 g/mol. The zero-order valence-corrected chi connectivity index (χ0v) is 13.8. The topological polar surface area (TPSA) is 36.7 Å². The first-order chi connectivity index (χ1) is 10.8. The van der Waals surface area contributed by atoms with Crippen LogP contribution in [0.5, 0.6) is 0 Å². The van der Waals surface area contributed by atoms with Crippen LogP contribution >= 0.6 is 22.9 Å². The molecule has 0 saturated heterocycles. The number of hydrogen-bond acceptors (Lipinski definition) is 3. The maximum absolute atomic E-state index is 9.46. The van der Waals surface area contributed by atoms with Gasteiger partial charge in [-0.1, -0.05) is 49.1 Å². The second-order valence-corrected chi connectivity index (χ2v) is 6.93. The summed E-state index contributed by atoms with van der Waals surface area (Å²) in [5.41, 5.74) is 2.65. The van der Waals surface area contributed by atoms with Gasteiger partial charge in [-0.15, -0.1) is 11.3 Å². The molecule has 112 valence electrons. The highest BCUT2D eigenvalue weighted by atomic mass is 35.5. The number of hydrogen-bond donors (Lipinski definition) is 0. The molecule has 4 heteroatoms. The van der Waals surface area contributed by atoms with Crippen molar-refractivity contribution in [2.75, 3.05) is 0 Å². The zero-order chi connectivity index (χ0) is 15.4. The number of nitriles is 1. The van der Waals surface area contributed by atoms with E-state index in [0.29, 0.717) is 10.9 Å². The molecule has 1 aliphatic rings. The summed E-state index contributed by atoms with van der Waals surface area (Å²) in [5, 5.41) is 13.0. The van der Waals surface area contributed by atoms with Gasteiger partial charge in [0.25, 0.3) is 0 Å². The van der Waals surface area contributed by atoms with E-state index in [1.54, 1.807) is 0 Å². The first-order valence-corrected chi connectivity index (χ1v) is 8.86. The van der Waals surface area contributed by atoms with Crippen LogP contribution in [0, 0.1) is 17.2 Å². The quantitative estimate of drug-likeness (QED) is 0.652. The minimum Gasteiger partial charge on any atom is -0.235 e. The second kappa shape index (κ2) is 7.09. The maximum Gasteiger partial charge on any atom is 0.134 e. The lowest BCUT2D eigenvalue weighted by Crippen LogP contribution is -2.03. The molecule has 2 aromatic rings. The van der Waals surface area contributed by atoms with Crippen molar-refractivity contribution in [2.45, 2.75) is 32.1 Å². The highest BCUT2D eigenvalue weighted by molar-refractivity contribution is 7.11. The second-order valence-electron chi connectivity index (χ2n) is 5.64. The molecule has 0 unspecified atom stereocenters. The Morgan fingerprint density at radius 2 is 1.95 bits per heavy atom. The van der Waals surface area contributed by atoms with Crippen LogP contribution in [-0.2, 0) is 0 Å². The summed E-state index contributed by atoms with van der Waals surface area (Å²) in [5.74, 6) is 0.534. The molecule has 1 heterocycles. The molecule has 0 radical (unpaired) electrons. The summed E-state index contributed by atoms with van der Waals surface area (Å²) in [6.07, 6.45) is 8.39. The van der Waals surface area contributed by atoms with E-state index in [2.05, 4.69) is 17.1 Å².